The van der Waals surface area contributed by atoms with E-state index in [1.165, 1.54) is 0 Å². The van der Waals surface area contributed by atoms with Crippen molar-refractivity contribution in [3.8, 4) is 0 Å². The molecule has 1 aromatic carbocycles. The van der Waals surface area contributed by atoms with Gasteiger partial charge >= 0.3 is 7.12 Å². The highest BCUT2D eigenvalue weighted by atomic mass is 16.7. The fourth-order valence-electron chi connectivity index (χ4n) is 5.48. The maximum atomic E-state index is 13.6. The quantitative estimate of drug-likeness (QED) is 0.411. The highest BCUT2D eigenvalue weighted by Gasteiger charge is 2.52. The van der Waals surface area contributed by atoms with Gasteiger partial charge in [0, 0.05) is 30.3 Å². The lowest BCUT2D eigenvalue weighted by Crippen LogP contribution is -2.41. The molecule has 0 radical (unpaired) electrons. The van der Waals surface area contributed by atoms with Crippen molar-refractivity contribution in [1.82, 2.24) is 4.98 Å². The maximum Gasteiger partial charge on any atom is 0.498 e. The number of nitrogens with zero attached hydrogens (tertiary/aromatic N) is 2. The SMILES string of the molecule is Cc1cc(C(C)Nc2ncccc2B2OC(C)(C)C(C)(C)O2)c2oc(N3CCC(C)(C)CC3)c(C)c(=O)c2c1. The van der Waals surface area contributed by atoms with Gasteiger partial charge in [0.05, 0.1) is 28.2 Å². The Kier molecular flexibility index (Phi) is 6.87. The minimum atomic E-state index is -0.539. The second-order valence-corrected chi connectivity index (χ2v) is 13.1. The van der Waals surface area contributed by atoms with E-state index >= 15 is 0 Å². The summed E-state index contributed by atoms with van der Waals surface area (Å²) < 4.78 is 19.3. The molecule has 0 saturated carbocycles. The molecule has 8 heteroatoms. The van der Waals surface area contributed by atoms with Gasteiger partial charge in [-0.15, -0.1) is 0 Å². The zero-order chi connectivity index (χ0) is 28.3. The van der Waals surface area contributed by atoms with Gasteiger partial charge in [-0.25, -0.2) is 4.98 Å². The Morgan fingerprint density at radius 3 is 2.31 bits per heavy atom. The fourth-order valence-corrected chi connectivity index (χ4v) is 5.48. The Hall–Kier alpha value is -2.84. The molecule has 39 heavy (non-hydrogen) atoms. The van der Waals surface area contributed by atoms with Crippen LogP contribution in [0, 0.1) is 19.3 Å². The van der Waals surface area contributed by atoms with Crippen LogP contribution in [0.25, 0.3) is 11.0 Å². The first kappa shape index (κ1) is 27.7. The first-order chi connectivity index (χ1) is 18.2. The summed E-state index contributed by atoms with van der Waals surface area (Å²) in [6, 6.07) is 7.72. The van der Waals surface area contributed by atoms with Crippen molar-refractivity contribution in [2.45, 2.75) is 92.4 Å². The Morgan fingerprint density at radius 1 is 1.03 bits per heavy atom. The van der Waals surface area contributed by atoms with Crippen LogP contribution in [0.15, 0.2) is 39.7 Å². The number of hydrogen-bond acceptors (Lipinski definition) is 7. The van der Waals surface area contributed by atoms with E-state index < -0.39 is 18.3 Å². The topological polar surface area (TPSA) is 76.8 Å². The van der Waals surface area contributed by atoms with Crippen LogP contribution in [0.5, 0.6) is 0 Å². The van der Waals surface area contributed by atoms with Crippen LogP contribution in [0.1, 0.15) is 84.0 Å². The molecule has 2 aromatic heterocycles. The summed E-state index contributed by atoms with van der Waals surface area (Å²) in [5, 5.41) is 4.19. The summed E-state index contributed by atoms with van der Waals surface area (Å²) in [5.74, 6) is 1.38. The molecule has 0 aliphatic carbocycles. The average Bonchev–Trinajstić information content (AvgIpc) is 3.08. The van der Waals surface area contributed by atoms with E-state index in [-0.39, 0.29) is 11.5 Å². The Labute approximate surface area is 232 Å². The van der Waals surface area contributed by atoms with Gasteiger partial charge in [0.15, 0.2) is 5.43 Å². The maximum absolute atomic E-state index is 13.6. The molecule has 3 aromatic rings. The number of piperidine rings is 1. The van der Waals surface area contributed by atoms with Gasteiger partial charge < -0.3 is 23.9 Å². The second kappa shape index (κ2) is 9.67. The van der Waals surface area contributed by atoms with Crippen molar-refractivity contribution < 1.29 is 13.7 Å². The van der Waals surface area contributed by atoms with E-state index in [2.05, 4.69) is 42.0 Å². The molecule has 1 N–H and O–H groups in total. The molecule has 4 heterocycles. The van der Waals surface area contributed by atoms with Crippen LogP contribution in [0.3, 0.4) is 0 Å². The number of pyridine rings is 1. The first-order valence-electron chi connectivity index (χ1n) is 14.1. The molecule has 2 saturated heterocycles. The number of hydrogen-bond donors (Lipinski definition) is 1. The predicted octanol–water partition coefficient (Wildman–Crippen LogP) is 5.90. The number of anilines is 2. The predicted molar refractivity (Wildman–Crippen MR) is 159 cm³/mol. The Balaban J connectivity index is 1.52. The van der Waals surface area contributed by atoms with Gasteiger partial charge in [-0.3, -0.25) is 4.79 Å². The van der Waals surface area contributed by atoms with Crippen LogP contribution in [0.4, 0.5) is 11.7 Å². The fraction of sp³-hybridized carbons (Fsp3) is 0.548. The van der Waals surface area contributed by atoms with E-state index in [1.807, 2.05) is 59.7 Å². The van der Waals surface area contributed by atoms with Crippen LogP contribution < -0.4 is 21.1 Å². The van der Waals surface area contributed by atoms with E-state index in [4.69, 9.17) is 13.7 Å². The van der Waals surface area contributed by atoms with Gasteiger partial charge in [0.2, 0.25) is 5.88 Å². The monoisotopic (exact) mass is 531 g/mol. The van der Waals surface area contributed by atoms with Crippen molar-refractivity contribution in [2.75, 3.05) is 23.3 Å². The van der Waals surface area contributed by atoms with Gasteiger partial charge in [-0.05, 0) is 84.4 Å². The van der Waals surface area contributed by atoms with Crippen molar-refractivity contribution in [1.29, 1.82) is 0 Å². The first-order valence-corrected chi connectivity index (χ1v) is 14.1. The number of aryl methyl sites for hydroxylation is 1. The Morgan fingerprint density at radius 2 is 1.67 bits per heavy atom. The summed E-state index contributed by atoms with van der Waals surface area (Å²) in [4.78, 5) is 20.5. The zero-order valence-corrected chi connectivity index (χ0v) is 24.9. The molecule has 2 aliphatic rings. The lowest BCUT2D eigenvalue weighted by atomic mass is 9.79. The van der Waals surface area contributed by atoms with Crippen LogP contribution in [0.2, 0.25) is 0 Å². The number of nitrogens with one attached hydrogen (secondary N) is 1. The summed E-state index contributed by atoms with van der Waals surface area (Å²) in [7, 11) is -0.539. The molecule has 0 bridgehead atoms. The minimum Gasteiger partial charge on any atom is -0.440 e. The summed E-state index contributed by atoms with van der Waals surface area (Å²) in [6.07, 6.45) is 3.89. The molecule has 0 amide bonds. The lowest BCUT2D eigenvalue weighted by molar-refractivity contribution is 0.00578. The van der Waals surface area contributed by atoms with Crippen LogP contribution in [-0.4, -0.2) is 36.4 Å². The van der Waals surface area contributed by atoms with Crippen molar-refractivity contribution >= 4 is 35.3 Å². The molecule has 2 fully saturated rings. The average molecular weight is 532 g/mol. The third kappa shape index (κ3) is 5.09. The molecule has 208 valence electrons. The molecule has 2 aliphatic heterocycles. The van der Waals surface area contributed by atoms with E-state index in [0.717, 1.165) is 42.5 Å². The highest BCUT2D eigenvalue weighted by molar-refractivity contribution is 6.63. The molecule has 7 nitrogen and oxygen atoms in total. The van der Waals surface area contributed by atoms with Gasteiger partial charge in [0.25, 0.3) is 0 Å². The zero-order valence-electron chi connectivity index (χ0n) is 24.9. The van der Waals surface area contributed by atoms with Crippen molar-refractivity contribution in [3.05, 3.63) is 57.4 Å². The number of aromatic nitrogens is 1. The second-order valence-electron chi connectivity index (χ2n) is 13.1. The van der Waals surface area contributed by atoms with Crippen LogP contribution >= 0.6 is 0 Å². The number of fused-ring (bicyclic) bond motifs is 1. The Bertz CT molecular complexity index is 1440. The molecular weight excluding hydrogens is 489 g/mol. The summed E-state index contributed by atoms with van der Waals surface area (Å²) in [5.41, 5.74) is 3.51. The van der Waals surface area contributed by atoms with Gasteiger partial charge in [0.1, 0.15) is 11.4 Å². The number of benzene rings is 1. The number of rotatable bonds is 5. The third-order valence-corrected chi connectivity index (χ3v) is 8.94. The molecule has 1 unspecified atom stereocenters. The van der Waals surface area contributed by atoms with Gasteiger partial charge in [-0.2, -0.15) is 0 Å². The summed E-state index contributed by atoms with van der Waals surface area (Å²) in [6.45, 7) is 20.5. The van der Waals surface area contributed by atoms with Crippen molar-refractivity contribution in [2.24, 2.45) is 5.41 Å². The van der Waals surface area contributed by atoms with Crippen molar-refractivity contribution in [3.63, 3.8) is 0 Å². The normalized spacial score (nSPS) is 20.8. The molecule has 1 atom stereocenters. The van der Waals surface area contributed by atoms with E-state index in [9.17, 15) is 4.79 Å². The molecule has 0 spiro atoms. The van der Waals surface area contributed by atoms with Crippen LogP contribution in [-0.2, 0) is 9.31 Å². The highest BCUT2D eigenvalue weighted by Crippen LogP contribution is 2.38. The largest absolute Gasteiger partial charge is 0.498 e. The minimum absolute atomic E-state index is 0.0315. The third-order valence-electron chi connectivity index (χ3n) is 8.94. The summed E-state index contributed by atoms with van der Waals surface area (Å²) >= 11 is 0. The standard InChI is InChI=1S/C31H42BN3O4/c1-19-17-22(21(3)34-27-24(11-10-14-33-27)32-38-30(6,7)31(8,9)39-32)26-23(18-19)25(36)20(2)28(37-26)35-15-12-29(4,5)13-16-35/h10-11,14,17-18,21H,12-13,15-16H2,1-9H3,(H,33,34). The molecular formula is C31H42BN3O4. The molecule has 5 rings (SSSR count). The van der Waals surface area contributed by atoms with E-state index in [1.54, 1.807) is 6.20 Å². The lowest BCUT2D eigenvalue weighted by Gasteiger charge is -2.37. The van der Waals surface area contributed by atoms with E-state index in [0.29, 0.717) is 33.6 Å². The van der Waals surface area contributed by atoms with Gasteiger partial charge in [-0.1, -0.05) is 26.0 Å². The smallest absolute Gasteiger partial charge is 0.440 e.